The van der Waals surface area contributed by atoms with Crippen molar-refractivity contribution in [2.75, 3.05) is 0 Å². The van der Waals surface area contributed by atoms with Crippen molar-refractivity contribution in [3.8, 4) is 0 Å². The smallest absolute Gasteiger partial charge is 0.282 e. The molecule has 1 rings (SSSR count). The van der Waals surface area contributed by atoms with Crippen LogP contribution in [0, 0.1) is 0 Å². The van der Waals surface area contributed by atoms with Gasteiger partial charge in [0.2, 0.25) is 0 Å². The third-order valence-electron chi connectivity index (χ3n) is 2.05. The lowest BCUT2D eigenvalue weighted by Crippen LogP contribution is -2.17. The first-order valence-electron chi connectivity index (χ1n) is 4.48. The van der Waals surface area contributed by atoms with E-state index in [9.17, 15) is 16.8 Å². The molecule has 1 aromatic carbocycles. The van der Waals surface area contributed by atoms with Crippen molar-refractivity contribution < 1.29 is 21.4 Å². The summed E-state index contributed by atoms with van der Waals surface area (Å²) in [7, 11) is -8.26. The lowest BCUT2D eigenvalue weighted by molar-refractivity contribution is 0.479. The lowest BCUT2D eigenvalue weighted by atomic mass is 10.4. The highest BCUT2D eigenvalue weighted by Crippen LogP contribution is 2.23. The van der Waals surface area contributed by atoms with Gasteiger partial charge in [-0.25, -0.2) is 8.42 Å². The fourth-order valence-corrected chi connectivity index (χ4v) is 3.51. The van der Waals surface area contributed by atoms with Crippen molar-refractivity contribution in [2.45, 2.75) is 28.9 Å². The summed E-state index contributed by atoms with van der Waals surface area (Å²) in [5.41, 5.74) is 0. The SMILES string of the molecule is CC(C)S(=O)(=O)c1ccccc1S(=O)(=O)O. The Hall–Kier alpha value is -0.920. The Bertz CT molecular complexity index is 584. The Balaban J connectivity index is 3.61. The standard InChI is InChI=1S/C9H12O5S2/c1-7(2)15(10,11)8-5-3-4-6-9(8)16(12,13)14/h3-7H,1-2H3,(H,12,13,14). The summed E-state index contributed by atoms with van der Waals surface area (Å²) in [6, 6.07) is 4.98. The zero-order chi connectivity index (χ0) is 12.6. The van der Waals surface area contributed by atoms with E-state index in [1.165, 1.54) is 32.0 Å². The van der Waals surface area contributed by atoms with E-state index in [0.29, 0.717) is 0 Å². The molecule has 0 heterocycles. The third kappa shape index (κ3) is 2.42. The molecule has 16 heavy (non-hydrogen) atoms. The van der Waals surface area contributed by atoms with E-state index in [2.05, 4.69) is 0 Å². The predicted octanol–water partition coefficient (Wildman–Crippen LogP) is 1.12. The van der Waals surface area contributed by atoms with Crippen LogP contribution in [0.15, 0.2) is 34.1 Å². The Morgan fingerprint density at radius 3 is 1.81 bits per heavy atom. The first kappa shape index (κ1) is 13.1. The Kier molecular flexibility index (Phi) is 3.41. The van der Waals surface area contributed by atoms with Gasteiger partial charge in [0.05, 0.1) is 10.1 Å². The highest BCUT2D eigenvalue weighted by Gasteiger charge is 2.27. The molecule has 90 valence electrons. The van der Waals surface area contributed by atoms with E-state index in [1.807, 2.05) is 0 Å². The zero-order valence-corrected chi connectivity index (χ0v) is 10.4. The van der Waals surface area contributed by atoms with Gasteiger partial charge in [-0.1, -0.05) is 12.1 Å². The Labute approximate surface area is 94.8 Å². The minimum atomic E-state index is -4.53. The quantitative estimate of drug-likeness (QED) is 0.826. The minimum absolute atomic E-state index is 0.368. The summed E-state index contributed by atoms with van der Waals surface area (Å²) in [6.07, 6.45) is 0. The molecule has 0 aromatic heterocycles. The molecule has 0 amide bonds. The van der Waals surface area contributed by atoms with Gasteiger partial charge in [-0.05, 0) is 26.0 Å². The fraction of sp³-hybridized carbons (Fsp3) is 0.333. The molecule has 0 aliphatic carbocycles. The molecule has 1 N–H and O–H groups in total. The maximum absolute atomic E-state index is 11.8. The molecule has 0 fully saturated rings. The van der Waals surface area contributed by atoms with Crippen LogP contribution in [0.3, 0.4) is 0 Å². The predicted molar refractivity (Wildman–Crippen MR) is 58.6 cm³/mol. The van der Waals surface area contributed by atoms with Crippen LogP contribution in [0.25, 0.3) is 0 Å². The van der Waals surface area contributed by atoms with E-state index in [-0.39, 0.29) is 4.90 Å². The lowest BCUT2D eigenvalue weighted by Gasteiger charge is -2.10. The Morgan fingerprint density at radius 2 is 1.44 bits per heavy atom. The van der Waals surface area contributed by atoms with Gasteiger partial charge in [-0.2, -0.15) is 8.42 Å². The van der Waals surface area contributed by atoms with Crippen molar-refractivity contribution in [3.63, 3.8) is 0 Å². The average Bonchev–Trinajstić information content (AvgIpc) is 2.16. The molecule has 7 heteroatoms. The van der Waals surface area contributed by atoms with Crippen LogP contribution < -0.4 is 0 Å². The van der Waals surface area contributed by atoms with E-state index in [0.717, 1.165) is 6.07 Å². The molecule has 0 aliphatic rings. The molecule has 0 saturated heterocycles. The van der Waals surface area contributed by atoms with Crippen LogP contribution in [0.5, 0.6) is 0 Å². The highest BCUT2D eigenvalue weighted by atomic mass is 32.2. The topological polar surface area (TPSA) is 88.5 Å². The van der Waals surface area contributed by atoms with Gasteiger partial charge in [-0.15, -0.1) is 0 Å². The number of rotatable bonds is 3. The molecular weight excluding hydrogens is 252 g/mol. The van der Waals surface area contributed by atoms with Crippen molar-refractivity contribution in [1.29, 1.82) is 0 Å². The van der Waals surface area contributed by atoms with E-state index < -0.39 is 30.1 Å². The highest BCUT2D eigenvalue weighted by molar-refractivity contribution is 7.93. The molecule has 0 bridgehead atoms. The zero-order valence-electron chi connectivity index (χ0n) is 8.78. The third-order valence-corrected chi connectivity index (χ3v) is 5.31. The van der Waals surface area contributed by atoms with Crippen LogP contribution in [-0.2, 0) is 20.0 Å². The molecule has 5 nitrogen and oxygen atoms in total. The molecule has 0 unspecified atom stereocenters. The summed E-state index contributed by atoms with van der Waals surface area (Å²) >= 11 is 0. The Morgan fingerprint density at radius 1 is 1.00 bits per heavy atom. The van der Waals surface area contributed by atoms with Crippen LogP contribution >= 0.6 is 0 Å². The van der Waals surface area contributed by atoms with Crippen molar-refractivity contribution >= 4 is 20.0 Å². The number of benzene rings is 1. The molecule has 0 radical (unpaired) electrons. The second-order valence-electron chi connectivity index (χ2n) is 3.52. The first-order valence-corrected chi connectivity index (χ1v) is 7.46. The van der Waals surface area contributed by atoms with Gasteiger partial charge in [0.1, 0.15) is 4.90 Å². The first-order chi connectivity index (χ1) is 7.17. The summed E-state index contributed by atoms with van der Waals surface area (Å²) in [4.78, 5) is -0.948. The van der Waals surface area contributed by atoms with Crippen molar-refractivity contribution in [1.82, 2.24) is 0 Å². The normalized spacial score (nSPS) is 13.0. The van der Waals surface area contributed by atoms with Gasteiger partial charge in [0.25, 0.3) is 10.1 Å². The average molecular weight is 264 g/mol. The maximum atomic E-state index is 11.8. The molecule has 1 aromatic rings. The van der Waals surface area contributed by atoms with E-state index in [1.54, 1.807) is 0 Å². The summed E-state index contributed by atoms with van der Waals surface area (Å²) in [6.45, 7) is 2.88. The summed E-state index contributed by atoms with van der Waals surface area (Å²) in [5.74, 6) is 0. The number of sulfone groups is 1. The fourth-order valence-electron chi connectivity index (χ4n) is 1.15. The van der Waals surface area contributed by atoms with Gasteiger partial charge < -0.3 is 0 Å². The van der Waals surface area contributed by atoms with E-state index >= 15 is 0 Å². The molecular formula is C9H12O5S2. The number of hydrogen-bond donors (Lipinski definition) is 1. The molecule has 0 spiro atoms. The van der Waals surface area contributed by atoms with Crippen molar-refractivity contribution in [3.05, 3.63) is 24.3 Å². The minimum Gasteiger partial charge on any atom is -0.282 e. The second kappa shape index (κ2) is 4.15. The van der Waals surface area contributed by atoms with Crippen LogP contribution in [-0.4, -0.2) is 26.6 Å². The molecule has 0 atom stereocenters. The van der Waals surface area contributed by atoms with Gasteiger partial charge in [0.15, 0.2) is 9.84 Å². The van der Waals surface area contributed by atoms with Gasteiger partial charge in [-0.3, -0.25) is 4.55 Å². The van der Waals surface area contributed by atoms with Crippen LogP contribution in [0.1, 0.15) is 13.8 Å². The van der Waals surface area contributed by atoms with Gasteiger partial charge >= 0.3 is 0 Å². The largest absolute Gasteiger partial charge is 0.295 e. The van der Waals surface area contributed by atoms with Gasteiger partial charge in [0, 0.05) is 0 Å². The van der Waals surface area contributed by atoms with Crippen molar-refractivity contribution in [2.24, 2.45) is 0 Å². The molecule has 0 saturated carbocycles. The molecule has 0 aliphatic heterocycles. The monoisotopic (exact) mass is 264 g/mol. The maximum Gasteiger partial charge on any atom is 0.295 e. The second-order valence-corrected chi connectivity index (χ2v) is 7.38. The van der Waals surface area contributed by atoms with Crippen LogP contribution in [0.2, 0.25) is 0 Å². The van der Waals surface area contributed by atoms with E-state index in [4.69, 9.17) is 4.55 Å². The van der Waals surface area contributed by atoms with Crippen LogP contribution in [0.4, 0.5) is 0 Å². The summed E-state index contributed by atoms with van der Waals surface area (Å²) < 4.78 is 54.6. The summed E-state index contributed by atoms with van der Waals surface area (Å²) in [5, 5.41) is -0.754. The number of hydrogen-bond acceptors (Lipinski definition) is 4.